The van der Waals surface area contributed by atoms with Gasteiger partial charge in [0, 0.05) is 17.3 Å². The molecule has 2 aromatic heterocycles. The van der Waals surface area contributed by atoms with Crippen LogP contribution in [0.1, 0.15) is 0 Å². The van der Waals surface area contributed by atoms with Crippen LogP contribution in [0.25, 0.3) is 0 Å². The van der Waals surface area contributed by atoms with Gasteiger partial charge in [-0.1, -0.05) is 23.4 Å². The van der Waals surface area contributed by atoms with Crippen molar-refractivity contribution in [1.82, 2.24) is 15.0 Å². The van der Waals surface area contributed by atoms with E-state index in [1.54, 1.807) is 24.5 Å². The Morgan fingerprint density at radius 2 is 2.00 bits per heavy atom. The van der Waals surface area contributed by atoms with Gasteiger partial charge in [0.1, 0.15) is 6.33 Å². The molecule has 6 nitrogen and oxygen atoms in total. The van der Waals surface area contributed by atoms with Crippen LogP contribution in [0.5, 0.6) is 0 Å². The zero-order valence-electron chi connectivity index (χ0n) is 8.28. The summed E-state index contributed by atoms with van der Waals surface area (Å²) in [5.41, 5.74) is -0.282. The van der Waals surface area contributed by atoms with E-state index in [1.807, 2.05) is 0 Å². The zero-order valence-corrected chi connectivity index (χ0v) is 9.85. The first-order chi connectivity index (χ1) is 8.18. The summed E-state index contributed by atoms with van der Waals surface area (Å²) in [7, 11) is 0. The number of nitrogens with zero attached hydrogens (tertiary/aromatic N) is 4. The predicted molar refractivity (Wildman–Crippen MR) is 62.1 cm³/mol. The Bertz CT molecular complexity index is 552. The fourth-order valence-electron chi connectivity index (χ4n) is 1.09. The van der Waals surface area contributed by atoms with Gasteiger partial charge in [-0.05, 0) is 12.1 Å². The number of aromatic nitrogens is 3. The average Bonchev–Trinajstić information content (AvgIpc) is 2.30. The smallest absolute Gasteiger partial charge is 0.265 e. The van der Waals surface area contributed by atoms with Crippen LogP contribution in [0.15, 0.2) is 40.8 Å². The van der Waals surface area contributed by atoms with Crippen LogP contribution in [0.3, 0.4) is 0 Å². The Balaban J connectivity index is 2.40. The molecule has 0 spiro atoms. The first-order valence-electron chi connectivity index (χ1n) is 4.41. The number of hydrogen-bond donors (Lipinski definition) is 0. The van der Waals surface area contributed by atoms with Crippen molar-refractivity contribution in [3.05, 3.63) is 46.1 Å². The van der Waals surface area contributed by atoms with Crippen molar-refractivity contribution >= 4 is 29.1 Å². The van der Waals surface area contributed by atoms with Crippen molar-refractivity contribution < 1.29 is 4.92 Å². The second-order valence-electron chi connectivity index (χ2n) is 2.86. The minimum absolute atomic E-state index is 0.165. The van der Waals surface area contributed by atoms with Crippen LogP contribution in [0.4, 0.5) is 5.69 Å². The summed E-state index contributed by atoms with van der Waals surface area (Å²) in [6.45, 7) is 0. The lowest BCUT2D eigenvalue weighted by Crippen LogP contribution is -1.96. The van der Waals surface area contributed by atoms with Gasteiger partial charge in [-0.3, -0.25) is 15.1 Å². The molecule has 2 heterocycles. The molecule has 0 aliphatic rings. The van der Waals surface area contributed by atoms with E-state index in [2.05, 4.69) is 15.0 Å². The molecule has 8 heteroatoms. The van der Waals surface area contributed by atoms with Gasteiger partial charge in [0.2, 0.25) is 5.15 Å². The van der Waals surface area contributed by atoms with Crippen molar-refractivity contribution in [1.29, 1.82) is 0 Å². The van der Waals surface area contributed by atoms with E-state index < -0.39 is 4.92 Å². The molecule has 0 amide bonds. The highest BCUT2D eigenvalue weighted by molar-refractivity contribution is 7.99. The molecule has 0 aromatic carbocycles. The summed E-state index contributed by atoms with van der Waals surface area (Å²) >= 11 is 6.81. The topological polar surface area (TPSA) is 81.8 Å². The molecule has 2 aromatic rings. The fourth-order valence-corrected chi connectivity index (χ4v) is 2.20. The summed E-state index contributed by atoms with van der Waals surface area (Å²) in [5.74, 6) is 0. The molecule has 0 aliphatic carbocycles. The van der Waals surface area contributed by atoms with E-state index in [4.69, 9.17) is 11.6 Å². The number of nitro groups is 1. The molecule has 0 radical (unpaired) electrons. The minimum atomic E-state index is -0.591. The van der Waals surface area contributed by atoms with Crippen LogP contribution < -0.4 is 0 Å². The maximum atomic E-state index is 10.8. The Morgan fingerprint density at radius 1 is 1.29 bits per heavy atom. The summed E-state index contributed by atoms with van der Waals surface area (Å²) < 4.78 is 0. The summed E-state index contributed by atoms with van der Waals surface area (Å²) in [4.78, 5) is 22.4. The summed E-state index contributed by atoms with van der Waals surface area (Å²) in [6.07, 6.45) is 4.38. The van der Waals surface area contributed by atoms with E-state index in [0.717, 1.165) is 16.7 Å². The van der Waals surface area contributed by atoms with Gasteiger partial charge in [0.25, 0.3) is 0 Å². The third kappa shape index (κ3) is 2.69. The Morgan fingerprint density at radius 3 is 2.65 bits per heavy atom. The maximum Gasteiger partial charge on any atom is 0.338 e. The van der Waals surface area contributed by atoms with Crippen molar-refractivity contribution in [2.24, 2.45) is 0 Å². The van der Waals surface area contributed by atoms with Crippen molar-refractivity contribution in [2.45, 2.75) is 9.92 Å². The van der Waals surface area contributed by atoms with Gasteiger partial charge in [-0.25, -0.2) is 9.97 Å². The highest BCUT2D eigenvalue weighted by Crippen LogP contribution is 2.35. The lowest BCUT2D eigenvalue weighted by molar-refractivity contribution is -0.388. The highest BCUT2D eigenvalue weighted by atomic mass is 35.5. The van der Waals surface area contributed by atoms with Gasteiger partial charge in [0.15, 0.2) is 5.03 Å². The zero-order chi connectivity index (χ0) is 12.3. The SMILES string of the molecule is O=[N+]([O-])c1c(Cl)ncnc1Sc1ccncc1. The molecule has 86 valence electrons. The molecular formula is C9H5ClN4O2S. The van der Waals surface area contributed by atoms with E-state index in [1.165, 1.54) is 6.33 Å². The molecule has 0 saturated carbocycles. The quantitative estimate of drug-likeness (QED) is 0.483. The lowest BCUT2D eigenvalue weighted by atomic mass is 10.5. The van der Waals surface area contributed by atoms with Crippen molar-refractivity contribution in [3.63, 3.8) is 0 Å². The largest absolute Gasteiger partial charge is 0.338 e. The number of hydrogen-bond acceptors (Lipinski definition) is 6. The van der Waals surface area contributed by atoms with E-state index in [9.17, 15) is 10.1 Å². The van der Waals surface area contributed by atoms with Gasteiger partial charge >= 0.3 is 5.69 Å². The van der Waals surface area contributed by atoms with E-state index in [-0.39, 0.29) is 15.9 Å². The molecule has 0 aliphatic heterocycles. The van der Waals surface area contributed by atoms with Crippen LogP contribution in [-0.2, 0) is 0 Å². The minimum Gasteiger partial charge on any atom is -0.265 e. The molecule has 0 N–H and O–H groups in total. The Labute approximate surface area is 105 Å². The van der Waals surface area contributed by atoms with Crippen LogP contribution in [0.2, 0.25) is 5.15 Å². The van der Waals surface area contributed by atoms with Crippen LogP contribution in [-0.4, -0.2) is 19.9 Å². The van der Waals surface area contributed by atoms with Gasteiger partial charge in [-0.2, -0.15) is 0 Å². The molecule has 2 rings (SSSR count). The van der Waals surface area contributed by atoms with E-state index in [0.29, 0.717) is 0 Å². The molecule has 0 unspecified atom stereocenters. The monoisotopic (exact) mass is 268 g/mol. The van der Waals surface area contributed by atoms with Gasteiger partial charge < -0.3 is 0 Å². The number of pyridine rings is 1. The van der Waals surface area contributed by atoms with Gasteiger partial charge in [-0.15, -0.1) is 0 Å². The van der Waals surface area contributed by atoms with Crippen molar-refractivity contribution in [2.75, 3.05) is 0 Å². The molecular weight excluding hydrogens is 264 g/mol. The molecule has 0 saturated heterocycles. The second-order valence-corrected chi connectivity index (χ2v) is 4.28. The summed E-state index contributed by atoms with van der Waals surface area (Å²) in [6, 6.07) is 3.45. The first kappa shape index (κ1) is 11.7. The predicted octanol–water partition coefficient (Wildman–Crippen LogP) is 2.58. The van der Waals surface area contributed by atoms with Gasteiger partial charge in [0.05, 0.1) is 4.92 Å². The van der Waals surface area contributed by atoms with Crippen LogP contribution >= 0.6 is 23.4 Å². The number of halogens is 1. The van der Waals surface area contributed by atoms with E-state index >= 15 is 0 Å². The first-order valence-corrected chi connectivity index (χ1v) is 5.60. The Hall–Kier alpha value is -1.73. The van der Waals surface area contributed by atoms with Crippen LogP contribution in [0, 0.1) is 10.1 Å². The molecule has 0 atom stereocenters. The lowest BCUT2D eigenvalue weighted by Gasteiger charge is -2.01. The molecule has 0 fully saturated rings. The average molecular weight is 269 g/mol. The molecule has 0 bridgehead atoms. The van der Waals surface area contributed by atoms with Crippen molar-refractivity contribution in [3.8, 4) is 0 Å². The summed E-state index contributed by atoms with van der Waals surface area (Å²) in [5, 5.41) is 10.9. The Kier molecular flexibility index (Phi) is 3.50. The standard InChI is InChI=1S/C9H5ClN4O2S/c10-8-7(14(15)16)9(13-5-12-8)17-6-1-3-11-4-2-6/h1-5H. The molecule has 17 heavy (non-hydrogen) atoms. The maximum absolute atomic E-state index is 10.8. The normalized spacial score (nSPS) is 10.2. The number of rotatable bonds is 3. The fraction of sp³-hybridized carbons (Fsp3) is 0. The highest BCUT2D eigenvalue weighted by Gasteiger charge is 2.22. The third-order valence-electron chi connectivity index (χ3n) is 1.79. The third-order valence-corrected chi connectivity index (χ3v) is 3.07. The second kappa shape index (κ2) is 5.07.